The van der Waals surface area contributed by atoms with E-state index in [1.54, 1.807) is 12.1 Å². The second-order valence-electron chi connectivity index (χ2n) is 6.51. The van der Waals surface area contributed by atoms with Gasteiger partial charge in [0.1, 0.15) is 6.10 Å². The number of hydrogen-bond acceptors (Lipinski definition) is 6. The van der Waals surface area contributed by atoms with Crippen LogP contribution >= 0.6 is 0 Å². The van der Waals surface area contributed by atoms with Gasteiger partial charge in [0.05, 0.1) is 14.2 Å². The molecule has 6 heteroatoms. The highest BCUT2D eigenvalue weighted by molar-refractivity contribution is 6.05. The number of esters is 2. The Morgan fingerprint density at radius 3 is 1.70 bits per heavy atom. The average Bonchev–Trinajstić information content (AvgIpc) is 3.09. The van der Waals surface area contributed by atoms with Crippen LogP contribution in [0.25, 0.3) is 0 Å². The molecule has 6 nitrogen and oxygen atoms in total. The van der Waals surface area contributed by atoms with Crippen LogP contribution in [-0.2, 0) is 28.5 Å². The number of rotatable bonds is 4. The van der Waals surface area contributed by atoms with Gasteiger partial charge in [0.2, 0.25) is 0 Å². The number of ether oxygens (including phenoxy) is 4. The minimum Gasteiger partial charge on any atom is -0.466 e. The van der Waals surface area contributed by atoms with E-state index >= 15 is 0 Å². The summed E-state index contributed by atoms with van der Waals surface area (Å²) in [6.07, 6.45) is -1.93. The fourth-order valence-corrected chi connectivity index (χ4v) is 3.10. The number of methoxy groups -OCH3 is 2. The molecule has 0 bridgehead atoms. The maximum absolute atomic E-state index is 12.7. The largest absolute Gasteiger partial charge is 0.466 e. The Kier molecular flexibility index (Phi) is 5.30. The van der Waals surface area contributed by atoms with Crippen molar-refractivity contribution in [2.75, 3.05) is 14.2 Å². The molecule has 27 heavy (non-hydrogen) atoms. The molecule has 0 aliphatic carbocycles. The number of carbonyl (C=O) groups excluding carboxylic acids is 2. The summed E-state index contributed by atoms with van der Waals surface area (Å²) >= 11 is 0. The molecule has 2 aromatic rings. The van der Waals surface area contributed by atoms with Gasteiger partial charge in [0, 0.05) is 5.56 Å². The minimum atomic E-state index is -2.05. The smallest absolute Gasteiger partial charge is 0.353 e. The van der Waals surface area contributed by atoms with Crippen molar-refractivity contribution in [1.82, 2.24) is 0 Å². The van der Waals surface area contributed by atoms with Crippen molar-refractivity contribution >= 4 is 11.9 Å². The van der Waals surface area contributed by atoms with Crippen LogP contribution in [-0.4, -0.2) is 31.8 Å². The van der Waals surface area contributed by atoms with E-state index in [1.807, 2.05) is 50.2 Å². The van der Waals surface area contributed by atoms with Crippen molar-refractivity contribution in [1.29, 1.82) is 0 Å². The number of carbonyl (C=O) groups is 2. The van der Waals surface area contributed by atoms with E-state index in [2.05, 4.69) is 0 Å². The predicted octanol–water partition coefficient (Wildman–Crippen LogP) is 3.17. The van der Waals surface area contributed by atoms with Gasteiger partial charge in [0.25, 0.3) is 5.60 Å². The van der Waals surface area contributed by atoms with Crippen molar-refractivity contribution in [3.63, 3.8) is 0 Å². The van der Waals surface area contributed by atoms with Crippen LogP contribution in [0.15, 0.2) is 48.5 Å². The second-order valence-corrected chi connectivity index (χ2v) is 6.51. The molecular weight excluding hydrogens is 348 g/mol. The van der Waals surface area contributed by atoms with Gasteiger partial charge in [-0.25, -0.2) is 9.59 Å². The lowest BCUT2D eigenvalue weighted by Gasteiger charge is -2.27. The molecule has 2 atom stereocenters. The highest BCUT2D eigenvalue weighted by Gasteiger charge is 2.64. The Bertz CT molecular complexity index is 809. The minimum absolute atomic E-state index is 0.617. The lowest BCUT2D eigenvalue weighted by molar-refractivity contribution is -0.188. The lowest BCUT2D eigenvalue weighted by Crippen LogP contribution is -2.52. The Balaban J connectivity index is 2.10. The lowest BCUT2D eigenvalue weighted by atomic mass is 9.90. The Labute approximate surface area is 158 Å². The molecule has 0 aromatic heterocycles. The molecular formula is C21H22O6. The molecule has 0 N–H and O–H groups in total. The summed E-state index contributed by atoms with van der Waals surface area (Å²) in [6.45, 7) is 3.90. The van der Waals surface area contributed by atoms with Crippen LogP contribution < -0.4 is 0 Å². The normalized spacial score (nSPS) is 20.9. The summed E-state index contributed by atoms with van der Waals surface area (Å²) in [5.41, 5.74) is 1.36. The third-order valence-corrected chi connectivity index (χ3v) is 4.63. The molecule has 2 aromatic carbocycles. The van der Waals surface area contributed by atoms with Crippen molar-refractivity contribution in [3.05, 3.63) is 70.8 Å². The maximum atomic E-state index is 12.7. The number of benzene rings is 2. The van der Waals surface area contributed by atoms with Crippen LogP contribution in [0.4, 0.5) is 0 Å². The third kappa shape index (κ3) is 3.34. The molecule has 1 aliphatic heterocycles. The highest BCUT2D eigenvalue weighted by atomic mass is 16.8. The zero-order valence-electron chi connectivity index (χ0n) is 15.7. The van der Waals surface area contributed by atoms with E-state index < -0.39 is 29.9 Å². The van der Waals surface area contributed by atoms with Gasteiger partial charge < -0.3 is 18.9 Å². The molecule has 1 saturated heterocycles. The maximum Gasteiger partial charge on any atom is 0.353 e. The SMILES string of the molecule is COC(=O)C1(C(=O)OC)O[C@@H](c2ccc(C)cc2)O[C@H]1c1ccc(C)cc1. The summed E-state index contributed by atoms with van der Waals surface area (Å²) in [5.74, 6) is -1.73. The standard InChI is InChI=1S/C21H22O6/c1-13-5-9-15(10-6-13)17-21(19(22)24-3,20(23)25-4)27-18(26-17)16-11-7-14(2)8-12-16/h5-12,17-18H,1-4H3/t17-,18-/m0/s1. The Morgan fingerprint density at radius 1 is 0.815 bits per heavy atom. The van der Waals surface area contributed by atoms with Crippen LogP contribution in [0.2, 0.25) is 0 Å². The molecule has 0 spiro atoms. The molecule has 1 aliphatic rings. The summed E-state index contributed by atoms with van der Waals surface area (Å²) in [5, 5.41) is 0. The van der Waals surface area contributed by atoms with Gasteiger partial charge >= 0.3 is 11.9 Å². The number of aryl methyl sites for hydroxylation is 2. The first-order chi connectivity index (χ1) is 12.9. The monoisotopic (exact) mass is 370 g/mol. The summed E-state index contributed by atoms with van der Waals surface area (Å²) < 4.78 is 21.7. The van der Waals surface area contributed by atoms with E-state index in [4.69, 9.17) is 18.9 Å². The zero-order chi connectivity index (χ0) is 19.6. The van der Waals surface area contributed by atoms with E-state index in [1.165, 1.54) is 14.2 Å². The average molecular weight is 370 g/mol. The van der Waals surface area contributed by atoms with Crippen molar-refractivity contribution in [2.24, 2.45) is 0 Å². The van der Waals surface area contributed by atoms with E-state index in [0.29, 0.717) is 11.1 Å². The summed E-state index contributed by atoms with van der Waals surface area (Å²) in [4.78, 5) is 25.4. The van der Waals surface area contributed by atoms with Gasteiger partial charge in [-0.1, -0.05) is 59.7 Å². The Morgan fingerprint density at radius 2 is 1.26 bits per heavy atom. The van der Waals surface area contributed by atoms with E-state index in [0.717, 1.165) is 11.1 Å². The summed E-state index contributed by atoms with van der Waals surface area (Å²) in [7, 11) is 2.39. The van der Waals surface area contributed by atoms with Gasteiger partial charge in [-0.15, -0.1) is 0 Å². The highest BCUT2D eigenvalue weighted by Crippen LogP contribution is 2.48. The van der Waals surface area contributed by atoms with Gasteiger partial charge in [-0.3, -0.25) is 0 Å². The molecule has 1 fully saturated rings. The van der Waals surface area contributed by atoms with Gasteiger partial charge in [0.15, 0.2) is 6.29 Å². The van der Waals surface area contributed by atoms with Crippen LogP contribution in [0, 0.1) is 13.8 Å². The second kappa shape index (κ2) is 7.50. The first-order valence-electron chi connectivity index (χ1n) is 8.55. The van der Waals surface area contributed by atoms with Crippen LogP contribution in [0.3, 0.4) is 0 Å². The zero-order valence-corrected chi connectivity index (χ0v) is 15.7. The molecule has 0 amide bonds. The first kappa shape index (κ1) is 19.1. The third-order valence-electron chi connectivity index (χ3n) is 4.63. The van der Waals surface area contributed by atoms with Crippen molar-refractivity contribution < 1.29 is 28.5 Å². The van der Waals surface area contributed by atoms with Gasteiger partial charge in [-0.05, 0) is 19.4 Å². The predicted molar refractivity (Wildman–Crippen MR) is 96.8 cm³/mol. The molecule has 142 valence electrons. The van der Waals surface area contributed by atoms with Gasteiger partial charge in [-0.2, -0.15) is 0 Å². The molecule has 0 unspecified atom stereocenters. The van der Waals surface area contributed by atoms with Crippen molar-refractivity contribution in [3.8, 4) is 0 Å². The molecule has 0 saturated carbocycles. The quantitative estimate of drug-likeness (QED) is 0.608. The fraction of sp³-hybridized carbons (Fsp3) is 0.333. The van der Waals surface area contributed by atoms with Crippen molar-refractivity contribution in [2.45, 2.75) is 31.8 Å². The fourth-order valence-electron chi connectivity index (χ4n) is 3.10. The Hall–Kier alpha value is -2.70. The molecule has 3 rings (SSSR count). The molecule has 1 heterocycles. The van der Waals surface area contributed by atoms with E-state index in [-0.39, 0.29) is 0 Å². The topological polar surface area (TPSA) is 71.1 Å². The molecule has 0 radical (unpaired) electrons. The van der Waals surface area contributed by atoms with Crippen LogP contribution in [0.1, 0.15) is 34.6 Å². The van der Waals surface area contributed by atoms with Crippen LogP contribution in [0.5, 0.6) is 0 Å². The summed E-state index contributed by atoms with van der Waals surface area (Å²) in [6, 6.07) is 14.8. The first-order valence-corrected chi connectivity index (χ1v) is 8.55. The van der Waals surface area contributed by atoms with E-state index in [9.17, 15) is 9.59 Å². The number of hydrogen-bond donors (Lipinski definition) is 0.